The number of carboxylic acids is 1. The fourth-order valence-corrected chi connectivity index (χ4v) is 3.11. The maximum atomic E-state index is 14.7. The van der Waals surface area contributed by atoms with Crippen molar-refractivity contribution in [3.05, 3.63) is 73.9 Å². The van der Waals surface area contributed by atoms with Crippen LogP contribution >= 0.6 is 11.6 Å². The van der Waals surface area contributed by atoms with Crippen molar-refractivity contribution in [3.63, 3.8) is 0 Å². The van der Waals surface area contributed by atoms with Crippen LogP contribution in [-0.4, -0.2) is 37.5 Å². The van der Waals surface area contributed by atoms with Crippen molar-refractivity contribution in [3.8, 4) is 23.1 Å². The molecular weight excluding hydrogens is 534 g/mol. The van der Waals surface area contributed by atoms with Crippen molar-refractivity contribution in [2.24, 2.45) is 7.05 Å². The highest BCUT2D eigenvalue weighted by atomic mass is 35.5. The van der Waals surface area contributed by atoms with Crippen molar-refractivity contribution in [2.45, 2.75) is 19.4 Å². The summed E-state index contributed by atoms with van der Waals surface area (Å²) in [5.74, 6) is -5.19. The number of benzene rings is 1. The predicted molar refractivity (Wildman–Crippen MR) is 115 cm³/mol. The number of nitrogens with zero attached hydrogens (tertiary/aromatic N) is 3. The molecule has 3 rings (SSSR count). The molecule has 1 aromatic carbocycles. The number of hydrogen-bond acceptors (Lipinski definition) is 8. The molecule has 0 radical (unpaired) electrons. The Hall–Kier alpha value is -4.40. The first-order chi connectivity index (χ1) is 17.2. The molecule has 0 aliphatic carbocycles. The lowest BCUT2D eigenvalue weighted by molar-refractivity contribution is -0.181. The maximum Gasteiger partial charge on any atom is 0.431 e. The summed E-state index contributed by atoms with van der Waals surface area (Å²) < 4.78 is 69.4. The van der Waals surface area contributed by atoms with Gasteiger partial charge < -0.3 is 19.3 Å². The Balaban J connectivity index is 2.09. The summed E-state index contributed by atoms with van der Waals surface area (Å²) >= 11 is 6.00. The number of rotatable bonds is 7. The van der Waals surface area contributed by atoms with Crippen LogP contribution in [0.4, 0.5) is 17.6 Å². The van der Waals surface area contributed by atoms with Gasteiger partial charge in [-0.25, -0.2) is 23.5 Å². The molecule has 0 saturated carbocycles. The summed E-state index contributed by atoms with van der Waals surface area (Å²) in [5.41, 5.74) is -5.35. The van der Waals surface area contributed by atoms with Gasteiger partial charge in [0.1, 0.15) is 17.3 Å². The van der Waals surface area contributed by atoms with Crippen molar-refractivity contribution in [1.29, 1.82) is 0 Å². The average Bonchev–Trinajstić information content (AvgIpc) is 2.78. The van der Waals surface area contributed by atoms with Gasteiger partial charge >= 0.3 is 30.1 Å². The Morgan fingerprint density at radius 3 is 2.43 bits per heavy atom. The second-order valence-electron chi connectivity index (χ2n) is 7.08. The molecule has 0 amide bonds. The molecule has 0 saturated heterocycles. The summed E-state index contributed by atoms with van der Waals surface area (Å²) in [6.07, 6.45) is -5.99. The number of pyridine rings is 1. The molecule has 3 aromatic rings. The Kier molecular flexibility index (Phi) is 7.57. The number of hydrogen-bond donors (Lipinski definition) is 1. The van der Waals surface area contributed by atoms with Gasteiger partial charge in [-0.15, -0.1) is 0 Å². The summed E-state index contributed by atoms with van der Waals surface area (Å²) in [5, 5.41) is 8.76. The third kappa shape index (κ3) is 5.88. The molecule has 0 fully saturated rings. The molecule has 1 unspecified atom stereocenters. The number of esters is 1. The molecule has 0 aliphatic rings. The van der Waals surface area contributed by atoms with E-state index in [0.29, 0.717) is 6.07 Å². The quantitative estimate of drug-likeness (QED) is 0.269. The van der Waals surface area contributed by atoms with Crippen LogP contribution in [0, 0.1) is 5.82 Å². The SMILES string of the molecule is CC(=O)OC(Oc1ncccc1Oc1cc(-n2c(=O)cc(C(F)(F)F)n(C)c2=O)c(F)cc1Cl)C(=O)O. The van der Waals surface area contributed by atoms with Crippen molar-refractivity contribution in [2.75, 3.05) is 0 Å². The molecule has 16 heteroatoms. The highest BCUT2D eigenvalue weighted by molar-refractivity contribution is 6.32. The molecule has 1 atom stereocenters. The van der Waals surface area contributed by atoms with Crippen LogP contribution in [0.2, 0.25) is 5.02 Å². The van der Waals surface area contributed by atoms with Crippen molar-refractivity contribution >= 4 is 23.5 Å². The van der Waals surface area contributed by atoms with E-state index < -0.39 is 69.5 Å². The van der Waals surface area contributed by atoms with Crippen LogP contribution < -0.4 is 20.7 Å². The Morgan fingerprint density at radius 2 is 1.84 bits per heavy atom. The predicted octanol–water partition coefficient (Wildman–Crippen LogP) is 2.89. The van der Waals surface area contributed by atoms with Crippen molar-refractivity contribution in [1.82, 2.24) is 14.1 Å². The Morgan fingerprint density at radius 1 is 1.16 bits per heavy atom. The van der Waals surface area contributed by atoms with Gasteiger partial charge in [0.25, 0.3) is 11.4 Å². The molecular formula is C21H14ClF4N3O8. The number of aliphatic carboxylic acids is 1. The van der Waals surface area contributed by atoms with Crippen LogP contribution in [0.1, 0.15) is 12.6 Å². The van der Waals surface area contributed by atoms with E-state index in [2.05, 4.69) is 9.72 Å². The lowest BCUT2D eigenvalue weighted by Crippen LogP contribution is -2.41. The minimum absolute atomic E-state index is 0.115. The van der Waals surface area contributed by atoms with Crippen molar-refractivity contribution < 1.29 is 46.5 Å². The minimum Gasteiger partial charge on any atom is -0.476 e. The van der Waals surface area contributed by atoms with Crippen LogP contribution in [0.5, 0.6) is 17.4 Å². The lowest BCUT2D eigenvalue weighted by atomic mass is 10.2. The first kappa shape index (κ1) is 27.2. The van der Waals surface area contributed by atoms with Crippen LogP contribution in [0.25, 0.3) is 5.69 Å². The number of carboxylic acid groups (broad SMARTS) is 1. The van der Waals surface area contributed by atoms with Crippen LogP contribution in [-0.2, 0) is 27.5 Å². The normalized spacial score (nSPS) is 12.1. The largest absolute Gasteiger partial charge is 0.476 e. The van der Waals surface area contributed by atoms with E-state index in [1.807, 2.05) is 0 Å². The molecule has 0 aliphatic heterocycles. The number of aromatic nitrogens is 3. The fourth-order valence-electron chi connectivity index (χ4n) is 2.93. The highest BCUT2D eigenvalue weighted by Gasteiger charge is 2.35. The molecule has 0 spiro atoms. The van der Waals surface area contributed by atoms with Gasteiger partial charge in [0.2, 0.25) is 0 Å². The summed E-state index contributed by atoms with van der Waals surface area (Å²) in [6.45, 7) is 0.933. The number of alkyl halides is 3. The van der Waals surface area contributed by atoms with Crippen LogP contribution in [0.3, 0.4) is 0 Å². The van der Waals surface area contributed by atoms with E-state index in [0.717, 1.165) is 26.2 Å². The van der Waals surface area contributed by atoms with E-state index in [9.17, 15) is 41.8 Å². The van der Waals surface area contributed by atoms with E-state index in [-0.39, 0.29) is 21.0 Å². The summed E-state index contributed by atoms with van der Waals surface area (Å²) in [6, 6.07) is 4.02. The van der Waals surface area contributed by atoms with Gasteiger partial charge in [-0.1, -0.05) is 11.6 Å². The maximum absolute atomic E-state index is 14.7. The Bertz CT molecular complexity index is 1500. The highest BCUT2D eigenvalue weighted by Crippen LogP contribution is 2.36. The molecule has 196 valence electrons. The number of carbonyl (C=O) groups is 2. The van der Waals surface area contributed by atoms with Gasteiger partial charge in [-0.2, -0.15) is 13.2 Å². The van der Waals surface area contributed by atoms with E-state index >= 15 is 0 Å². The van der Waals surface area contributed by atoms with Gasteiger partial charge in [-0.3, -0.25) is 14.2 Å². The molecule has 37 heavy (non-hydrogen) atoms. The van der Waals surface area contributed by atoms with Gasteiger partial charge in [0.05, 0.1) is 10.7 Å². The first-order valence-electron chi connectivity index (χ1n) is 9.80. The Labute approximate surface area is 208 Å². The summed E-state index contributed by atoms with van der Waals surface area (Å²) in [4.78, 5) is 51.1. The lowest BCUT2D eigenvalue weighted by Gasteiger charge is -2.17. The molecule has 2 heterocycles. The monoisotopic (exact) mass is 547 g/mol. The van der Waals surface area contributed by atoms with Crippen LogP contribution in [0.15, 0.2) is 46.1 Å². The van der Waals surface area contributed by atoms with E-state index in [1.54, 1.807) is 0 Å². The standard InChI is InChI=1S/C21H14ClF4N3O8/c1-9(30)35-19(18(32)33)37-17-13(4-3-5-27-17)36-14-7-12(11(23)6-10(14)22)29-16(31)8-15(21(24,25)26)28(2)20(29)34/h3-8,19H,1-2H3,(H,32,33). The minimum atomic E-state index is -5.03. The third-order valence-electron chi connectivity index (χ3n) is 4.50. The molecule has 1 N–H and O–H groups in total. The smallest absolute Gasteiger partial charge is 0.431 e. The first-order valence-corrected chi connectivity index (χ1v) is 10.2. The average molecular weight is 548 g/mol. The molecule has 11 nitrogen and oxygen atoms in total. The zero-order valence-electron chi connectivity index (χ0n) is 18.6. The molecule has 0 bridgehead atoms. The third-order valence-corrected chi connectivity index (χ3v) is 4.80. The number of halogens is 5. The van der Waals surface area contributed by atoms with Gasteiger partial charge in [0, 0.05) is 32.3 Å². The number of ether oxygens (including phenoxy) is 3. The number of carbonyl (C=O) groups excluding carboxylic acids is 1. The van der Waals surface area contributed by atoms with E-state index in [1.165, 1.54) is 12.1 Å². The topological polar surface area (TPSA) is 139 Å². The second kappa shape index (κ2) is 10.3. The molecule has 2 aromatic heterocycles. The second-order valence-corrected chi connectivity index (χ2v) is 7.49. The zero-order chi connectivity index (χ0) is 27.7. The van der Waals surface area contributed by atoms with E-state index in [4.69, 9.17) is 21.1 Å². The summed E-state index contributed by atoms with van der Waals surface area (Å²) in [7, 11) is 0.744. The zero-order valence-corrected chi connectivity index (χ0v) is 19.3. The van der Waals surface area contributed by atoms with Gasteiger partial charge in [-0.05, 0) is 18.2 Å². The van der Waals surface area contributed by atoms with Gasteiger partial charge in [0.15, 0.2) is 5.75 Å². The fraction of sp³-hybridized carbons (Fsp3) is 0.190.